The van der Waals surface area contributed by atoms with E-state index in [4.69, 9.17) is 0 Å². The van der Waals surface area contributed by atoms with Crippen molar-refractivity contribution < 1.29 is 13.2 Å². The van der Waals surface area contributed by atoms with E-state index in [0.29, 0.717) is 16.9 Å². The molecule has 0 atom stereocenters. The third kappa shape index (κ3) is 4.18. The first-order chi connectivity index (χ1) is 14.4. The maximum atomic E-state index is 12.8. The van der Waals surface area contributed by atoms with Gasteiger partial charge in [0.05, 0.1) is 10.6 Å². The number of fused-ring (bicyclic) bond motifs is 1. The third-order valence-electron chi connectivity index (χ3n) is 4.80. The quantitative estimate of drug-likeness (QED) is 0.469. The topological polar surface area (TPSA) is 75.3 Å². The zero-order valence-electron chi connectivity index (χ0n) is 16.3. The number of amides is 1. The fraction of sp³-hybridized carbons (Fsp3) is 0.0417. The van der Waals surface area contributed by atoms with Crippen LogP contribution in [0.25, 0.3) is 10.8 Å². The van der Waals surface area contributed by atoms with Crippen LogP contribution in [0.4, 0.5) is 11.4 Å². The second kappa shape index (κ2) is 8.00. The van der Waals surface area contributed by atoms with Gasteiger partial charge in [0.1, 0.15) is 0 Å². The highest BCUT2D eigenvalue weighted by molar-refractivity contribution is 7.92. The van der Waals surface area contributed by atoms with Crippen molar-refractivity contribution in [3.05, 3.63) is 102 Å². The normalized spacial score (nSPS) is 11.2. The molecule has 0 saturated heterocycles. The van der Waals surface area contributed by atoms with Gasteiger partial charge in [-0.25, -0.2) is 8.42 Å². The molecule has 4 aromatic carbocycles. The SMILES string of the molecule is Cc1ccc(C(=O)Nc2ccc3ccccc3c2)cc1NS(=O)(=O)c1ccccc1. The number of carbonyl (C=O) groups is 1. The van der Waals surface area contributed by atoms with Crippen molar-refractivity contribution >= 4 is 38.1 Å². The number of benzene rings is 4. The minimum atomic E-state index is -3.74. The predicted molar refractivity (Wildman–Crippen MR) is 120 cm³/mol. The molecule has 0 aliphatic heterocycles. The summed E-state index contributed by atoms with van der Waals surface area (Å²) in [5.74, 6) is -0.314. The smallest absolute Gasteiger partial charge is 0.261 e. The van der Waals surface area contributed by atoms with Crippen LogP contribution in [-0.2, 0) is 10.0 Å². The van der Waals surface area contributed by atoms with Crippen LogP contribution in [0.15, 0.2) is 95.9 Å². The molecule has 0 fully saturated rings. The Hall–Kier alpha value is -3.64. The van der Waals surface area contributed by atoms with E-state index in [-0.39, 0.29) is 10.8 Å². The first kappa shape index (κ1) is 19.7. The van der Waals surface area contributed by atoms with Crippen molar-refractivity contribution in [2.75, 3.05) is 10.0 Å². The van der Waals surface area contributed by atoms with Gasteiger partial charge in [0.25, 0.3) is 15.9 Å². The number of hydrogen-bond acceptors (Lipinski definition) is 3. The van der Waals surface area contributed by atoms with E-state index in [1.807, 2.05) is 42.5 Å². The number of sulfonamides is 1. The average molecular weight is 417 g/mol. The molecule has 0 aliphatic carbocycles. The van der Waals surface area contributed by atoms with Gasteiger partial charge in [-0.05, 0) is 59.7 Å². The predicted octanol–water partition coefficient (Wildman–Crippen LogP) is 5.20. The van der Waals surface area contributed by atoms with Gasteiger partial charge in [0.15, 0.2) is 0 Å². The van der Waals surface area contributed by atoms with Crippen LogP contribution in [0.5, 0.6) is 0 Å². The van der Waals surface area contributed by atoms with Crippen LogP contribution in [0.1, 0.15) is 15.9 Å². The molecule has 5 nitrogen and oxygen atoms in total. The summed E-state index contributed by atoms with van der Waals surface area (Å²) >= 11 is 0. The minimum Gasteiger partial charge on any atom is -0.322 e. The number of anilines is 2. The lowest BCUT2D eigenvalue weighted by Crippen LogP contribution is -2.16. The Morgan fingerprint density at radius 3 is 2.23 bits per heavy atom. The van der Waals surface area contributed by atoms with Gasteiger partial charge < -0.3 is 5.32 Å². The van der Waals surface area contributed by atoms with Crippen molar-refractivity contribution in [3.8, 4) is 0 Å². The van der Waals surface area contributed by atoms with E-state index in [0.717, 1.165) is 16.3 Å². The van der Waals surface area contributed by atoms with E-state index in [2.05, 4.69) is 10.0 Å². The van der Waals surface area contributed by atoms with Gasteiger partial charge in [-0.2, -0.15) is 0 Å². The minimum absolute atomic E-state index is 0.162. The lowest BCUT2D eigenvalue weighted by atomic mass is 10.1. The highest BCUT2D eigenvalue weighted by atomic mass is 32.2. The van der Waals surface area contributed by atoms with Crippen molar-refractivity contribution in [2.24, 2.45) is 0 Å². The number of nitrogens with one attached hydrogen (secondary N) is 2. The Balaban J connectivity index is 1.58. The van der Waals surface area contributed by atoms with Gasteiger partial charge in [-0.1, -0.05) is 54.6 Å². The highest BCUT2D eigenvalue weighted by Crippen LogP contribution is 2.23. The van der Waals surface area contributed by atoms with E-state index < -0.39 is 10.0 Å². The zero-order chi connectivity index (χ0) is 21.1. The van der Waals surface area contributed by atoms with E-state index in [9.17, 15) is 13.2 Å². The molecule has 0 spiro atoms. The molecule has 6 heteroatoms. The second-order valence-corrected chi connectivity index (χ2v) is 8.65. The highest BCUT2D eigenvalue weighted by Gasteiger charge is 2.16. The maximum Gasteiger partial charge on any atom is 0.261 e. The Morgan fingerprint density at radius 1 is 0.767 bits per heavy atom. The Kier molecular flexibility index (Phi) is 5.25. The van der Waals surface area contributed by atoms with Gasteiger partial charge in [-0.3, -0.25) is 9.52 Å². The molecule has 4 aromatic rings. The maximum absolute atomic E-state index is 12.8. The standard InChI is InChI=1S/C24H20N2O3S/c1-17-11-12-20(16-23(17)26-30(28,29)22-9-3-2-4-10-22)24(27)25-21-14-13-18-7-5-6-8-19(18)15-21/h2-16,26H,1H3,(H,25,27). The molecule has 0 unspecified atom stereocenters. The molecule has 30 heavy (non-hydrogen) atoms. The second-order valence-electron chi connectivity index (χ2n) is 6.96. The van der Waals surface area contributed by atoms with E-state index in [1.54, 1.807) is 43.3 Å². The summed E-state index contributed by atoms with van der Waals surface area (Å²) in [5.41, 5.74) is 2.12. The molecule has 2 N–H and O–H groups in total. The molecule has 0 bridgehead atoms. The fourth-order valence-electron chi connectivity index (χ4n) is 3.15. The van der Waals surface area contributed by atoms with Crippen molar-refractivity contribution in [1.29, 1.82) is 0 Å². The van der Waals surface area contributed by atoms with Gasteiger partial charge in [-0.15, -0.1) is 0 Å². The Morgan fingerprint density at radius 2 is 1.47 bits per heavy atom. The summed E-state index contributed by atoms with van der Waals surface area (Å²) < 4.78 is 27.9. The Bertz CT molecular complexity index is 1330. The van der Waals surface area contributed by atoms with E-state index in [1.165, 1.54) is 12.1 Å². The summed E-state index contributed by atoms with van der Waals surface area (Å²) in [7, 11) is -3.74. The summed E-state index contributed by atoms with van der Waals surface area (Å²) in [6.07, 6.45) is 0. The first-order valence-corrected chi connectivity index (χ1v) is 10.9. The third-order valence-corrected chi connectivity index (χ3v) is 6.19. The van der Waals surface area contributed by atoms with Crippen LogP contribution in [-0.4, -0.2) is 14.3 Å². The van der Waals surface area contributed by atoms with Crippen LogP contribution in [0.3, 0.4) is 0 Å². The molecule has 0 aromatic heterocycles. The molecule has 4 rings (SSSR count). The number of rotatable bonds is 5. The zero-order valence-corrected chi connectivity index (χ0v) is 17.1. The van der Waals surface area contributed by atoms with E-state index >= 15 is 0 Å². The number of aryl methyl sites for hydroxylation is 1. The number of hydrogen-bond donors (Lipinski definition) is 2. The molecule has 1 amide bonds. The Labute approximate surface area is 175 Å². The van der Waals surface area contributed by atoms with Crippen LogP contribution < -0.4 is 10.0 Å². The molecule has 0 saturated carbocycles. The van der Waals surface area contributed by atoms with Crippen molar-refractivity contribution in [1.82, 2.24) is 0 Å². The monoisotopic (exact) mass is 416 g/mol. The molecule has 0 radical (unpaired) electrons. The lowest BCUT2D eigenvalue weighted by Gasteiger charge is -2.13. The molecule has 150 valence electrons. The average Bonchev–Trinajstić information content (AvgIpc) is 2.75. The summed E-state index contributed by atoms with van der Waals surface area (Å²) in [6.45, 7) is 1.79. The van der Waals surface area contributed by atoms with Crippen molar-refractivity contribution in [3.63, 3.8) is 0 Å². The van der Waals surface area contributed by atoms with Gasteiger partial charge in [0, 0.05) is 11.3 Å². The lowest BCUT2D eigenvalue weighted by molar-refractivity contribution is 0.102. The number of carbonyl (C=O) groups excluding carboxylic acids is 1. The largest absolute Gasteiger partial charge is 0.322 e. The molecule has 0 aliphatic rings. The first-order valence-electron chi connectivity index (χ1n) is 9.41. The van der Waals surface area contributed by atoms with Crippen molar-refractivity contribution in [2.45, 2.75) is 11.8 Å². The molecule has 0 heterocycles. The van der Waals surface area contributed by atoms with Gasteiger partial charge >= 0.3 is 0 Å². The molecular formula is C24H20N2O3S. The fourth-order valence-corrected chi connectivity index (χ4v) is 4.29. The van der Waals surface area contributed by atoms with Crippen LogP contribution in [0, 0.1) is 6.92 Å². The van der Waals surface area contributed by atoms with Crippen LogP contribution in [0.2, 0.25) is 0 Å². The summed E-state index contributed by atoms with van der Waals surface area (Å²) in [4.78, 5) is 12.9. The summed E-state index contributed by atoms with van der Waals surface area (Å²) in [5, 5.41) is 4.99. The molecular weight excluding hydrogens is 396 g/mol. The van der Waals surface area contributed by atoms with Crippen LogP contribution >= 0.6 is 0 Å². The van der Waals surface area contributed by atoms with Gasteiger partial charge in [0.2, 0.25) is 0 Å². The summed E-state index contributed by atoms with van der Waals surface area (Å²) in [6, 6.07) is 26.6.